The molecule has 2 heterocycles. The number of para-hydroxylation sites is 2. The summed E-state index contributed by atoms with van der Waals surface area (Å²) in [6, 6.07) is 18.1. The van der Waals surface area contributed by atoms with Crippen LogP contribution in [0.1, 0.15) is 18.3 Å². The first-order valence-electron chi connectivity index (χ1n) is 11.3. The molecule has 1 fully saturated rings. The summed E-state index contributed by atoms with van der Waals surface area (Å²) in [5, 5.41) is 3.22. The van der Waals surface area contributed by atoms with E-state index >= 15 is 0 Å². The molecule has 0 unspecified atom stereocenters. The van der Waals surface area contributed by atoms with Crippen LogP contribution in [0, 0.1) is 0 Å². The largest absolute Gasteiger partial charge is 0.492 e. The number of nitrogen functional groups attached to an aromatic ring is 1. The molecular formula is C25H31N7O. The van der Waals surface area contributed by atoms with Crippen LogP contribution in [-0.2, 0) is 6.54 Å². The van der Waals surface area contributed by atoms with Gasteiger partial charge in [0.15, 0.2) is 0 Å². The third-order valence-electron chi connectivity index (χ3n) is 5.44. The molecule has 8 heteroatoms. The van der Waals surface area contributed by atoms with Crippen LogP contribution in [0.3, 0.4) is 0 Å². The highest BCUT2D eigenvalue weighted by Crippen LogP contribution is 2.26. The fourth-order valence-electron chi connectivity index (χ4n) is 3.77. The van der Waals surface area contributed by atoms with Gasteiger partial charge in [0.1, 0.15) is 11.6 Å². The number of ether oxygens (including phenoxy) is 1. The first-order valence-corrected chi connectivity index (χ1v) is 11.3. The van der Waals surface area contributed by atoms with Crippen LogP contribution in [0.4, 0.5) is 17.6 Å². The lowest BCUT2D eigenvalue weighted by Crippen LogP contribution is -2.46. The molecular weight excluding hydrogens is 414 g/mol. The van der Waals surface area contributed by atoms with E-state index in [1.54, 1.807) is 0 Å². The molecule has 3 N–H and O–H groups in total. The molecule has 1 aliphatic rings. The van der Waals surface area contributed by atoms with Crippen molar-refractivity contribution in [1.29, 1.82) is 0 Å². The molecule has 3 aromatic rings. The van der Waals surface area contributed by atoms with Crippen molar-refractivity contribution in [1.82, 2.24) is 24.8 Å². The Morgan fingerprint density at radius 1 is 0.939 bits per heavy atom. The lowest BCUT2D eigenvalue weighted by Gasteiger charge is -2.33. The van der Waals surface area contributed by atoms with E-state index in [1.165, 1.54) is 5.56 Å². The number of rotatable bonds is 9. The van der Waals surface area contributed by atoms with Crippen LogP contribution >= 0.6 is 0 Å². The van der Waals surface area contributed by atoms with Crippen molar-refractivity contribution in [2.75, 3.05) is 50.4 Å². The topological polar surface area (TPSA) is 92.4 Å². The monoisotopic (exact) mass is 445 g/mol. The summed E-state index contributed by atoms with van der Waals surface area (Å²) in [5.41, 5.74) is 8.00. The van der Waals surface area contributed by atoms with Gasteiger partial charge in [0.25, 0.3) is 0 Å². The van der Waals surface area contributed by atoms with Crippen molar-refractivity contribution < 1.29 is 4.74 Å². The second-order valence-corrected chi connectivity index (χ2v) is 7.88. The highest BCUT2D eigenvalue weighted by Gasteiger charge is 2.18. The zero-order valence-electron chi connectivity index (χ0n) is 19.0. The van der Waals surface area contributed by atoms with E-state index in [0.29, 0.717) is 24.9 Å². The summed E-state index contributed by atoms with van der Waals surface area (Å²) in [6.07, 6.45) is 4.41. The van der Waals surface area contributed by atoms with Crippen molar-refractivity contribution in [3.63, 3.8) is 0 Å². The molecule has 0 spiro atoms. The van der Waals surface area contributed by atoms with Gasteiger partial charge in [0.2, 0.25) is 11.9 Å². The average Bonchev–Trinajstić information content (AvgIpc) is 2.82. The summed E-state index contributed by atoms with van der Waals surface area (Å²) < 4.78 is 5.67. The van der Waals surface area contributed by atoms with E-state index in [0.717, 1.165) is 44.2 Å². The summed E-state index contributed by atoms with van der Waals surface area (Å²) in [6.45, 7) is 8.06. The van der Waals surface area contributed by atoms with Crippen molar-refractivity contribution in [2.45, 2.75) is 13.5 Å². The van der Waals surface area contributed by atoms with Gasteiger partial charge in [-0.25, -0.2) is 0 Å². The Morgan fingerprint density at radius 2 is 1.67 bits per heavy atom. The van der Waals surface area contributed by atoms with Gasteiger partial charge in [-0.05, 0) is 24.6 Å². The highest BCUT2D eigenvalue weighted by atomic mass is 16.5. The molecule has 2 aromatic carbocycles. The Labute approximate surface area is 195 Å². The van der Waals surface area contributed by atoms with Crippen LogP contribution in [-0.4, -0.2) is 64.1 Å². The lowest BCUT2D eigenvalue weighted by atomic mass is 10.2. The van der Waals surface area contributed by atoms with Crippen LogP contribution in [0.2, 0.25) is 0 Å². The average molecular weight is 446 g/mol. The van der Waals surface area contributed by atoms with Crippen LogP contribution < -0.4 is 15.8 Å². The molecule has 33 heavy (non-hydrogen) atoms. The van der Waals surface area contributed by atoms with Gasteiger partial charge in [-0.3, -0.25) is 9.80 Å². The van der Waals surface area contributed by atoms with Crippen molar-refractivity contribution in [2.24, 2.45) is 0 Å². The van der Waals surface area contributed by atoms with Gasteiger partial charge in [0, 0.05) is 32.7 Å². The minimum absolute atomic E-state index is 0.209. The fraction of sp³-hybridized carbons (Fsp3) is 0.320. The molecule has 0 saturated carbocycles. The number of aromatic nitrogens is 3. The second-order valence-electron chi connectivity index (χ2n) is 7.88. The molecule has 0 amide bonds. The van der Waals surface area contributed by atoms with E-state index in [9.17, 15) is 0 Å². The summed E-state index contributed by atoms with van der Waals surface area (Å²) >= 11 is 0. The molecule has 0 radical (unpaired) electrons. The Balaban J connectivity index is 1.31. The minimum Gasteiger partial charge on any atom is -0.492 e. The molecule has 4 rings (SSSR count). The standard InChI is InChI=1S/C25H31N7O/c1-2-33-22-13-7-6-12-21(22)27-25-29-23(28-24(26)30-25)19-32-17-15-31(16-18-32)14-8-11-20-9-4-3-5-10-20/h3-13H,2,14-19H2,1H3,(H3,26,27,28,29,30)/b11-8+. The van der Waals surface area contributed by atoms with Gasteiger partial charge < -0.3 is 15.8 Å². The van der Waals surface area contributed by atoms with Crippen LogP contribution in [0.5, 0.6) is 5.75 Å². The van der Waals surface area contributed by atoms with E-state index in [4.69, 9.17) is 10.5 Å². The SMILES string of the molecule is CCOc1ccccc1Nc1nc(N)nc(CN2CCN(C/C=C/c3ccccc3)CC2)n1. The molecule has 0 atom stereocenters. The van der Waals surface area contributed by atoms with Gasteiger partial charge in [0.05, 0.1) is 18.8 Å². The smallest absolute Gasteiger partial charge is 0.232 e. The van der Waals surface area contributed by atoms with Gasteiger partial charge in [-0.15, -0.1) is 0 Å². The Kier molecular flexibility index (Phi) is 7.84. The normalized spacial score (nSPS) is 15.1. The highest BCUT2D eigenvalue weighted by molar-refractivity contribution is 5.62. The Morgan fingerprint density at radius 3 is 2.45 bits per heavy atom. The zero-order chi connectivity index (χ0) is 22.9. The van der Waals surface area contributed by atoms with Gasteiger partial charge in [-0.1, -0.05) is 54.6 Å². The first-order chi connectivity index (χ1) is 16.2. The van der Waals surface area contributed by atoms with Crippen LogP contribution in [0.15, 0.2) is 60.7 Å². The minimum atomic E-state index is 0.209. The third kappa shape index (κ3) is 6.74. The number of benzene rings is 2. The number of piperazine rings is 1. The van der Waals surface area contributed by atoms with Crippen LogP contribution in [0.25, 0.3) is 6.08 Å². The maximum Gasteiger partial charge on any atom is 0.232 e. The predicted octanol–water partition coefficient (Wildman–Crippen LogP) is 3.43. The Bertz CT molecular complexity index is 1050. The molecule has 8 nitrogen and oxygen atoms in total. The number of anilines is 3. The van der Waals surface area contributed by atoms with E-state index in [1.807, 2.05) is 37.3 Å². The molecule has 1 saturated heterocycles. The molecule has 0 aliphatic carbocycles. The number of hydrogen-bond acceptors (Lipinski definition) is 8. The number of nitrogens with two attached hydrogens (primary N) is 1. The van der Waals surface area contributed by atoms with Gasteiger partial charge in [-0.2, -0.15) is 15.0 Å². The molecule has 1 aromatic heterocycles. The summed E-state index contributed by atoms with van der Waals surface area (Å²) in [4.78, 5) is 18.0. The van der Waals surface area contributed by atoms with Crippen molar-refractivity contribution in [3.8, 4) is 5.75 Å². The zero-order valence-corrected chi connectivity index (χ0v) is 19.0. The number of hydrogen-bond donors (Lipinski definition) is 2. The lowest BCUT2D eigenvalue weighted by molar-refractivity contribution is 0.134. The number of nitrogens with zero attached hydrogens (tertiary/aromatic N) is 5. The Hall–Kier alpha value is -3.49. The van der Waals surface area contributed by atoms with E-state index < -0.39 is 0 Å². The first kappa shape index (κ1) is 22.7. The van der Waals surface area contributed by atoms with E-state index in [2.05, 4.69) is 66.5 Å². The maximum atomic E-state index is 5.97. The van der Waals surface area contributed by atoms with Gasteiger partial charge >= 0.3 is 0 Å². The molecule has 0 bridgehead atoms. The number of nitrogens with one attached hydrogen (secondary N) is 1. The summed E-state index contributed by atoms with van der Waals surface area (Å²) in [5.74, 6) is 2.05. The van der Waals surface area contributed by atoms with Crippen molar-refractivity contribution >= 4 is 23.7 Å². The second kappa shape index (κ2) is 11.4. The van der Waals surface area contributed by atoms with Crippen molar-refractivity contribution in [3.05, 3.63) is 72.1 Å². The predicted molar refractivity (Wildman–Crippen MR) is 132 cm³/mol. The fourth-order valence-corrected chi connectivity index (χ4v) is 3.77. The molecule has 1 aliphatic heterocycles. The van der Waals surface area contributed by atoms with E-state index in [-0.39, 0.29) is 5.95 Å². The third-order valence-corrected chi connectivity index (χ3v) is 5.44. The quantitative estimate of drug-likeness (QED) is 0.518. The summed E-state index contributed by atoms with van der Waals surface area (Å²) in [7, 11) is 0. The maximum absolute atomic E-state index is 5.97. The molecule has 172 valence electrons.